The number of hydrogen-bond donors (Lipinski definition) is 3. The van der Waals surface area contributed by atoms with Gasteiger partial charge in [0.15, 0.2) is 0 Å². The van der Waals surface area contributed by atoms with Crippen molar-refractivity contribution in [3.63, 3.8) is 0 Å². The molecule has 5 nitrogen and oxygen atoms in total. The van der Waals surface area contributed by atoms with Gasteiger partial charge in [0.1, 0.15) is 5.82 Å². The van der Waals surface area contributed by atoms with E-state index in [0.717, 1.165) is 36.1 Å². The van der Waals surface area contributed by atoms with Crippen LogP contribution in [0.3, 0.4) is 0 Å². The number of nitrogens with zero attached hydrogens (tertiary/aromatic N) is 1. The predicted octanol–water partition coefficient (Wildman–Crippen LogP) is 3.37. The predicted molar refractivity (Wildman–Crippen MR) is 92.4 cm³/mol. The minimum absolute atomic E-state index is 0.0339. The van der Waals surface area contributed by atoms with Gasteiger partial charge in [0.25, 0.3) is 0 Å². The summed E-state index contributed by atoms with van der Waals surface area (Å²) in [4.78, 5) is 19.8. The van der Waals surface area contributed by atoms with E-state index in [-0.39, 0.29) is 6.03 Å². The summed E-state index contributed by atoms with van der Waals surface area (Å²) in [5.41, 5.74) is 2.07. The first-order valence-corrected chi connectivity index (χ1v) is 8.70. The lowest BCUT2D eigenvalue weighted by Crippen LogP contribution is -2.46. The topological polar surface area (TPSA) is 69.8 Å². The molecule has 0 aliphatic heterocycles. The number of fused-ring (bicyclic) bond motifs is 1. The molecule has 3 N–H and O–H groups in total. The van der Waals surface area contributed by atoms with Gasteiger partial charge in [0.05, 0.1) is 11.0 Å². The zero-order valence-corrected chi connectivity index (χ0v) is 13.8. The fourth-order valence-corrected chi connectivity index (χ4v) is 3.33. The highest BCUT2D eigenvalue weighted by atomic mass is 16.2. The number of aromatic nitrogens is 2. The van der Waals surface area contributed by atoms with E-state index in [1.165, 1.54) is 19.3 Å². The molecular weight excluding hydrogens is 288 g/mol. The molecule has 2 aromatic rings. The van der Waals surface area contributed by atoms with Crippen molar-refractivity contribution < 1.29 is 4.79 Å². The van der Waals surface area contributed by atoms with Gasteiger partial charge in [0, 0.05) is 19.0 Å². The number of H-pyrrole nitrogens is 1. The van der Waals surface area contributed by atoms with Crippen molar-refractivity contribution in [1.29, 1.82) is 0 Å². The Labute approximate surface area is 137 Å². The average Bonchev–Trinajstić information content (AvgIpc) is 2.96. The Morgan fingerprint density at radius 1 is 1.30 bits per heavy atom. The quantitative estimate of drug-likeness (QED) is 0.741. The zero-order chi connectivity index (χ0) is 16.1. The summed E-state index contributed by atoms with van der Waals surface area (Å²) < 4.78 is 0. The second kappa shape index (κ2) is 7.49. The fraction of sp³-hybridized carbons (Fsp3) is 0.556. The van der Waals surface area contributed by atoms with Crippen molar-refractivity contribution in [2.24, 2.45) is 5.92 Å². The monoisotopic (exact) mass is 314 g/mol. The standard InChI is InChI=1S/C18H26N4O/c1-13-7-2-3-8-14(13)22-18(23)19-12-6-11-17-20-15-9-4-5-10-16(15)21-17/h4-5,9-10,13-14H,2-3,6-8,11-12H2,1H3,(H,20,21)(H2,19,22,23)/t13-,14+/m0/s1. The van der Waals surface area contributed by atoms with Crippen molar-refractivity contribution in [2.75, 3.05) is 6.54 Å². The highest BCUT2D eigenvalue weighted by molar-refractivity contribution is 5.75. The number of para-hydroxylation sites is 2. The van der Waals surface area contributed by atoms with E-state index in [2.05, 4.69) is 27.5 Å². The van der Waals surface area contributed by atoms with Crippen molar-refractivity contribution in [3.05, 3.63) is 30.1 Å². The molecule has 1 heterocycles. The van der Waals surface area contributed by atoms with Crippen LogP contribution in [0.25, 0.3) is 11.0 Å². The average molecular weight is 314 g/mol. The Morgan fingerprint density at radius 3 is 2.96 bits per heavy atom. The summed E-state index contributed by atoms with van der Waals surface area (Å²) >= 11 is 0. The molecule has 124 valence electrons. The number of aromatic amines is 1. The van der Waals surface area contributed by atoms with Crippen molar-refractivity contribution in [2.45, 2.75) is 51.5 Å². The molecule has 0 unspecified atom stereocenters. The number of imidazole rings is 1. The maximum absolute atomic E-state index is 12.0. The molecule has 0 bridgehead atoms. The van der Waals surface area contributed by atoms with Gasteiger partial charge in [-0.1, -0.05) is 31.9 Å². The maximum Gasteiger partial charge on any atom is 0.315 e. The van der Waals surface area contributed by atoms with Crippen LogP contribution in [-0.4, -0.2) is 28.6 Å². The molecule has 1 aromatic heterocycles. The van der Waals surface area contributed by atoms with Crippen LogP contribution in [0.1, 0.15) is 44.9 Å². The lowest BCUT2D eigenvalue weighted by molar-refractivity contribution is 0.221. The van der Waals surface area contributed by atoms with Crippen molar-refractivity contribution in [3.8, 4) is 0 Å². The van der Waals surface area contributed by atoms with E-state index in [1.807, 2.05) is 24.3 Å². The van der Waals surface area contributed by atoms with E-state index < -0.39 is 0 Å². The summed E-state index contributed by atoms with van der Waals surface area (Å²) in [6.45, 7) is 2.90. The van der Waals surface area contributed by atoms with Crippen LogP contribution in [0.4, 0.5) is 4.79 Å². The Bertz CT molecular complexity index is 618. The normalized spacial score (nSPS) is 21.3. The van der Waals surface area contributed by atoms with Gasteiger partial charge < -0.3 is 15.6 Å². The van der Waals surface area contributed by atoms with Gasteiger partial charge in [-0.15, -0.1) is 0 Å². The van der Waals surface area contributed by atoms with Gasteiger partial charge in [0.2, 0.25) is 0 Å². The molecule has 1 fully saturated rings. The minimum Gasteiger partial charge on any atom is -0.342 e. The Morgan fingerprint density at radius 2 is 2.13 bits per heavy atom. The lowest BCUT2D eigenvalue weighted by atomic mass is 9.86. The number of urea groups is 1. The third-order valence-corrected chi connectivity index (χ3v) is 4.74. The summed E-state index contributed by atoms with van der Waals surface area (Å²) in [6.07, 6.45) is 6.56. The number of carbonyl (C=O) groups is 1. The number of aryl methyl sites for hydroxylation is 1. The van der Waals surface area contributed by atoms with Crippen molar-refractivity contribution >= 4 is 17.1 Å². The van der Waals surface area contributed by atoms with Crippen LogP contribution in [0.15, 0.2) is 24.3 Å². The second-order valence-corrected chi connectivity index (χ2v) is 6.57. The molecule has 1 saturated carbocycles. The van der Waals surface area contributed by atoms with Crippen LogP contribution < -0.4 is 10.6 Å². The Balaban J connectivity index is 1.38. The largest absolute Gasteiger partial charge is 0.342 e. The molecule has 0 saturated heterocycles. The molecule has 0 radical (unpaired) electrons. The maximum atomic E-state index is 12.0. The fourth-order valence-electron chi connectivity index (χ4n) is 3.33. The highest BCUT2D eigenvalue weighted by Crippen LogP contribution is 2.23. The Kier molecular flexibility index (Phi) is 5.16. The number of rotatable bonds is 5. The summed E-state index contributed by atoms with van der Waals surface area (Å²) in [6, 6.07) is 8.33. The number of carbonyl (C=O) groups excluding carboxylic acids is 1. The first-order chi connectivity index (χ1) is 11.2. The third-order valence-electron chi connectivity index (χ3n) is 4.74. The van der Waals surface area contributed by atoms with Crippen molar-refractivity contribution in [1.82, 2.24) is 20.6 Å². The van der Waals surface area contributed by atoms with Crippen LogP contribution in [0, 0.1) is 5.92 Å². The SMILES string of the molecule is C[C@H]1CCCC[C@H]1NC(=O)NCCCc1nc2ccccc2[nH]1. The molecule has 2 amide bonds. The van der Waals surface area contributed by atoms with Gasteiger partial charge in [-0.05, 0) is 37.3 Å². The number of amides is 2. The van der Waals surface area contributed by atoms with Crippen LogP contribution in [0.5, 0.6) is 0 Å². The molecule has 5 heteroatoms. The summed E-state index contributed by atoms with van der Waals surface area (Å²) in [5, 5.41) is 6.08. The first-order valence-electron chi connectivity index (χ1n) is 8.70. The third kappa shape index (κ3) is 4.24. The van der Waals surface area contributed by atoms with E-state index in [4.69, 9.17) is 0 Å². The molecule has 1 aromatic carbocycles. The van der Waals surface area contributed by atoms with E-state index >= 15 is 0 Å². The van der Waals surface area contributed by atoms with E-state index in [9.17, 15) is 4.79 Å². The van der Waals surface area contributed by atoms with Gasteiger partial charge >= 0.3 is 6.03 Å². The summed E-state index contributed by atoms with van der Waals surface area (Å²) in [5.74, 6) is 1.57. The van der Waals surface area contributed by atoms with Gasteiger partial charge in [-0.25, -0.2) is 9.78 Å². The van der Waals surface area contributed by atoms with Crippen LogP contribution >= 0.6 is 0 Å². The lowest BCUT2D eigenvalue weighted by Gasteiger charge is -2.29. The number of hydrogen-bond acceptors (Lipinski definition) is 2. The number of benzene rings is 1. The Hall–Kier alpha value is -2.04. The molecule has 1 aliphatic carbocycles. The summed E-state index contributed by atoms with van der Waals surface area (Å²) in [7, 11) is 0. The van der Waals surface area contributed by atoms with Gasteiger partial charge in [-0.2, -0.15) is 0 Å². The van der Waals surface area contributed by atoms with Gasteiger partial charge in [-0.3, -0.25) is 0 Å². The molecule has 0 spiro atoms. The molecule has 3 rings (SSSR count). The first kappa shape index (κ1) is 15.8. The molecule has 1 aliphatic rings. The van der Waals surface area contributed by atoms with E-state index in [0.29, 0.717) is 18.5 Å². The smallest absolute Gasteiger partial charge is 0.315 e. The van der Waals surface area contributed by atoms with Crippen LogP contribution in [-0.2, 0) is 6.42 Å². The minimum atomic E-state index is -0.0339. The van der Waals surface area contributed by atoms with E-state index in [1.54, 1.807) is 0 Å². The number of nitrogens with one attached hydrogen (secondary N) is 3. The van der Waals surface area contributed by atoms with Crippen LogP contribution in [0.2, 0.25) is 0 Å². The molecular formula is C18H26N4O. The highest BCUT2D eigenvalue weighted by Gasteiger charge is 2.22. The molecule has 2 atom stereocenters. The molecule has 23 heavy (non-hydrogen) atoms. The second-order valence-electron chi connectivity index (χ2n) is 6.57. The zero-order valence-electron chi connectivity index (χ0n) is 13.8.